The van der Waals surface area contributed by atoms with Gasteiger partial charge in [-0.25, -0.2) is 9.78 Å². The Balaban J connectivity index is 1.24. The predicted molar refractivity (Wildman–Crippen MR) is 312 cm³/mol. The van der Waals surface area contributed by atoms with Crippen LogP contribution in [-0.2, 0) is 65.4 Å². The quantitative estimate of drug-likeness (QED) is 0.0386. The highest BCUT2D eigenvalue weighted by molar-refractivity contribution is 7.86. The molecule has 3 fully saturated rings. The average Bonchev–Trinajstić information content (AvgIpc) is 2.58. The number of fused-ring (bicyclic) bond motifs is 1. The number of aliphatic hydroxyl groups excluding tert-OH is 2. The number of rotatable bonds is 21. The highest BCUT2D eigenvalue weighted by atomic mass is 32.2. The van der Waals surface area contributed by atoms with E-state index in [0.29, 0.717) is 48.5 Å². The molecule has 85 heavy (non-hydrogen) atoms. The average molecular weight is 1220 g/mol. The first-order valence-corrected chi connectivity index (χ1v) is 30.8. The molecule has 3 saturated heterocycles. The molecule has 480 valence electrons. The highest BCUT2D eigenvalue weighted by Crippen LogP contribution is 2.42. The second kappa shape index (κ2) is 28.6. The third kappa shape index (κ3) is 16.5. The lowest BCUT2D eigenvalue weighted by Crippen LogP contribution is -2.61. The number of aromatic carboxylic acids is 1. The number of carbonyl (C=O) groups is 2. The van der Waals surface area contributed by atoms with Crippen LogP contribution >= 0.6 is 0 Å². The molecular weight excluding hydrogens is 1130 g/mol. The van der Waals surface area contributed by atoms with Crippen molar-refractivity contribution in [3.63, 3.8) is 0 Å². The Morgan fingerprint density at radius 3 is 2.26 bits per heavy atom. The van der Waals surface area contributed by atoms with E-state index in [-0.39, 0.29) is 49.7 Å². The van der Waals surface area contributed by atoms with Crippen LogP contribution in [0.3, 0.4) is 0 Å². The molecule has 0 unspecified atom stereocenters. The number of ether oxygens (including phenoxy) is 6. The summed E-state index contributed by atoms with van der Waals surface area (Å²) >= 11 is 0. The second-order valence-electron chi connectivity index (χ2n) is 24.5. The van der Waals surface area contributed by atoms with Crippen molar-refractivity contribution in [3.05, 3.63) is 57.3 Å². The number of aliphatic hydroxyl groups is 4. The van der Waals surface area contributed by atoms with Gasteiger partial charge < -0.3 is 78.5 Å². The Hall–Kier alpha value is -4.75. The fourth-order valence-electron chi connectivity index (χ4n) is 12.2. The van der Waals surface area contributed by atoms with Gasteiger partial charge in [-0.05, 0) is 113 Å². The van der Waals surface area contributed by atoms with Crippen LogP contribution in [0.15, 0.2) is 38.9 Å². The van der Waals surface area contributed by atoms with Gasteiger partial charge in [0.25, 0.3) is 10.1 Å². The van der Waals surface area contributed by atoms with Gasteiger partial charge in [0.1, 0.15) is 46.4 Å². The van der Waals surface area contributed by atoms with Crippen LogP contribution in [-0.4, -0.2) is 210 Å². The summed E-state index contributed by atoms with van der Waals surface area (Å²) in [6.45, 7) is 18.5. The molecule has 0 saturated carbocycles. The number of nitrogens with zero attached hydrogens (tertiary/aromatic N) is 6. The zero-order valence-electron chi connectivity index (χ0n) is 52.1. The summed E-state index contributed by atoms with van der Waals surface area (Å²) in [4.78, 5) is 51.8. The van der Waals surface area contributed by atoms with Gasteiger partial charge in [-0.1, -0.05) is 38.0 Å². The summed E-state index contributed by atoms with van der Waals surface area (Å²) in [5.41, 5.74) is -4.73. The lowest BCUT2D eigenvalue weighted by atomic mass is 9.73. The lowest BCUT2D eigenvalue weighted by Gasteiger charge is -2.49. The predicted octanol–water partition coefficient (Wildman–Crippen LogP) is 3.27. The summed E-state index contributed by atoms with van der Waals surface area (Å²) in [6, 6.07) is 4.73. The van der Waals surface area contributed by atoms with Crippen LogP contribution in [0.25, 0.3) is 11.0 Å². The number of oxime groups is 1. The van der Waals surface area contributed by atoms with Gasteiger partial charge >= 0.3 is 11.9 Å². The second-order valence-corrected chi connectivity index (χ2v) is 26.2. The third-order valence-corrected chi connectivity index (χ3v) is 18.2. The largest absolute Gasteiger partial charge is 0.477 e. The Morgan fingerprint density at radius 1 is 0.953 bits per heavy atom. The Kier molecular flexibility index (Phi) is 23.3. The normalized spacial score (nSPS) is 35.2. The minimum atomic E-state index is -4.25. The first kappa shape index (κ1) is 69.4. The van der Waals surface area contributed by atoms with Crippen LogP contribution in [0.5, 0.6) is 0 Å². The number of esters is 1. The first-order valence-electron chi connectivity index (χ1n) is 29.2. The zero-order chi connectivity index (χ0) is 63.3. The molecule has 6 N–H and O–H groups in total. The fourth-order valence-corrected chi connectivity index (χ4v) is 13.4. The van der Waals surface area contributed by atoms with E-state index >= 15 is 0 Å². The molecular formula is C58H93N7O19S. The Labute approximate surface area is 498 Å². The number of likely N-dealkylation sites (N-methyl/N-ethyl adjacent to an activating group) is 1. The van der Waals surface area contributed by atoms with E-state index in [1.807, 2.05) is 25.9 Å². The number of methoxy groups -OCH3 is 1. The zero-order valence-corrected chi connectivity index (χ0v) is 52.9. The van der Waals surface area contributed by atoms with Crippen molar-refractivity contribution in [1.29, 1.82) is 0 Å². The summed E-state index contributed by atoms with van der Waals surface area (Å²) in [6.07, 6.45) is -9.27. The van der Waals surface area contributed by atoms with Crippen molar-refractivity contribution in [1.82, 2.24) is 25.0 Å². The van der Waals surface area contributed by atoms with Crippen molar-refractivity contribution in [2.24, 2.45) is 28.8 Å². The highest BCUT2D eigenvalue weighted by Gasteiger charge is 2.54. The van der Waals surface area contributed by atoms with Gasteiger partial charge in [0, 0.05) is 75.9 Å². The summed E-state index contributed by atoms with van der Waals surface area (Å²) in [5, 5.41) is 72.2. The van der Waals surface area contributed by atoms with E-state index in [2.05, 4.69) is 20.6 Å². The molecule has 0 bridgehead atoms. The van der Waals surface area contributed by atoms with Crippen LogP contribution in [0.1, 0.15) is 129 Å². The van der Waals surface area contributed by atoms with Crippen LogP contribution in [0.4, 0.5) is 0 Å². The monoisotopic (exact) mass is 1220 g/mol. The van der Waals surface area contributed by atoms with Crippen molar-refractivity contribution < 1.29 is 85.5 Å². The molecule has 0 amide bonds. The number of carbonyl (C=O) groups excluding carboxylic acids is 1. The van der Waals surface area contributed by atoms with E-state index < -0.39 is 141 Å². The van der Waals surface area contributed by atoms with E-state index in [9.17, 15) is 48.3 Å². The van der Waals surface area contributed by atoms with Gasteiger partial charge in [0.15, 0.2) is 19.2 Å². The van der Waals surface area contributed by atoms with Gasteiger partial charge in [0.2, 0.25) is 5.43 Å². The molecule has 3 aliphatic rings. The number of carboxylic acids is 1. The van der Waals surface area contributed by atoms with Gasteiger partial charge in [-0.2, -0.15) is 8.42 Å². The summed E-state index contributed by atoms with van der Waals surface area (Å²) in [5.74, 6) is -5.93. The van der Waals surface area contributed by atoms with E-state index in [4.69, 9.17) is 42.0 Å². The molecule has 6 rings (SSSR count). The molecule has 0 aliphatic carbocycles. The van der Waals surface area contributed by atoms with Crippen LogP contribution in [0, 0.1) is 30.6 Å². The fraction of sp³-hybridized carbons (Fsp3) is 0.759. The molecule has 26 nitrogen and oxygen atoms in total. The number of aromatic nitrogens is 3. The number of pyridine rings is 2. The van der Waals surface area contributed by atoms with Crippen molar-refractivity contribution in [2.75, 3.05) is 59.2 Å². The van der Waals surface area contributed by atoms with Crippen LogP contribution < -0.4 is 15.8 Å². The molecule has 0 aromatic carbocycles. The number of carboxylic acid groups (broad SMARTS) is 1. The van der Waals surface area contributed by atoms with Gasteiger partial charge in [0.05, 0.1) is 64.6 Å². The van der Waals surface area contributed by atoms with Gasteiger partial charge in [-0.3, -0.25) is 18.4 Å². The minimum absolute atomic E-state index is 0.00904. The smallest absolute Gasteiger partial charge is 0.341 e. The lowest BCUT2D eigenvalue weighted by molar-refractivity contribution is -0.316. The standard InChI is InChI=1S/C58H93N7O19S/c1-17-43-58(11,73)50(68)34(5)45(62-77-30-39-25-33(4)83-61-39)31(2)27-56(9,72)51(82-55-48(67)42(63(12)13)26-32(3)78-55)35(6)49(36(7)54(71)80-43)81-44-28-57(10,76-16)52(37(8)79-44)84-85(74,75)24-23-59-22-18-19-38-20-21-41-46(60-38)47(66)40(53(69)70)29-65(41)64(14)15/h20-21,25,29,31-32,34-37,42-44,48-52,55,59,67-68,72-73H,17-19,22-24,26-28,30H2,1-16H3,(H,69,70)/t31-,32-,34+,35+,36-,37+,42+,43-,44+,48-,49+,50-,51-,52+,55+,56-,57-,58-/m1/s1. The van der Waals surface area contributed by atoms with Crippen LogP contribution in [0.2, 0.25) is 0 Å². The number of cyclic esters (lactones) is 1. The first-order chi connectivity index (χ1) is 39.7. The van der Waals surface area contributed by atoms with E-state index in [0.717, 1.165) is 0 Å². The molecule has 0 radical (unpaired) electrons. The maximum absolute atomic E-state index is 14.8. The number of aryl methyl sites for hydroxylation is 2. The Morgan fingerprint density at radius 2 is 1.65 bits per heavy atom. The molecule has 27 heteroatoms. The molecule has 6 heterocycles. The molecule has 0 spiro atoms. The van der Waals surface area contributed by atoms with E-state index in [1.54, 1.807) is 99.6 Å². The number of nitrogens with one attached hydrogen (secondary N) is 1. The topological polar surface area (TPSA) is 335 Å². The third-order valence-electron chi connectivity index (χ3n) is 17.0. The molecule has 3 aromatic heterocycles. The maximum atomic E-state index is 14.8. The Bertz CT molecular complexity index is 2940. The number of hydrogen-bond donors (Lipinski definition) is 6. The van der Waals surface area contributed by atoms with Crippen molar-refractivity contribution >= 4 is 38.8 Å². The SMILES string of the molecule is CC[C@H]1OC(=O)[C@H](C)[C@@H](O[C@H]2C[C@@](C)(OC)[C@@H](OS(=O)(=O)CCNCCCc3ccc4c(n3)c(=O)c(C(=O)O)cn4N(C)C)[C@H](C)O2)[C@H](C)[C@@H](O[C@@H]2O[C@H](C)C[C@H](N(C)C)[C@H]2O)[C@](C)(O)C[C@@H](C)C(=NOCc2cc(C)on2)[C@H](C)[C@@H](O)[C@]1(C)O. The van der Waals surface area contributed by atoms with Crippen molar-refractivity contribution in [3.8, 4) is 0 Å². The number of hydrogen-bond acceptors (Lipinski definition) is 24. The molecule has 3 aromatic rings. The summed E-state index contributed by atoms with van der Waals surface area (Å²) < 4.78 is 78.9. The van der Waals surface area contributed by atoms with Gasteiger partial charge in [-0.15, -0.1) is 0 Å². The molecule has 18 atom stereocenters. The molecule has 3 aliphatic heterocycles. The van der Waals surface area contributed by atoms with E-state index in [1.165, 1.54) is 24.9 Å². The maximum Gasteiger partial charge on any atom is 0.341 e. The summed E-state index contributed by atoms with van der Waals surface area (Å²) in [7, 11) is 4.23. The van der Waals surface area contributed by atoms with Crippen molar-refractivity contribution in [2.45, 2.75) is 206 Å². The minimum Gasteiger partial charge on any atom is -0.477 e.